The van der Waals surface area contributed by atoms with Crippen LogP contribution in [0.25, 0.3) is 0 Å². The molecular formula is C11H13ClN2O4. The molecule has 0 heterocycles. The Hall–Kier alpha value is -1.82. The van der Waals surface area contributed by atoms with Crippen LogP contribution in [0.2, 0.25) is 5.02 Å². The van der Waals surface area contributed by atoms with E-state index in [0.29, 0.717) is 0 Å². The molecule has 1 aromatic carbocycles. The summed E-state index contributed by atoms with van der Waals surface area (Å²) in [6.07, 6.45) is -0.793. The van der Waals surface area contributed by atoms with Crippen LogP contribution < -0.4 is 5.32 Å². The van der Waals surface area contributed by atoms with Crippen molar-refractivity contribution in [1.82, 2.24) is 0 Å². The van der Waals surface area contributed by atoms with Crippen LogP contribution in [-0.2, 0) is 4.74 Å². The second kappa shape index (κ2) is 5.22. The predicted molar refractivity (Wildman–Crippen MR) is 68.0 cm³/mol. The number of halogens is 1. The molecule has 0 aromatic heterocycles. The number of nitrogens with one attached hydrogen (secondary N) is 1. The molecule has 7 heteroatoms. The zero-order valence-electron chi connectivity index (χ0n) is 10.2. The Kier molecular flexibility index (Phi) is 4.13. The van der Waals surface area contributed by atoms with E-state index in [1.54, 1.807) is 20.8 Å². The fourth-order valence-electron chi connectivity index (χ4n) is 1.19. The van der Waals surface area contributed by atoms with Crippen LogP contribution in [0.5, 0.6) is 0 Å². The van der Waals surface area contributed by atoms with Gasteiger partial charge in [0.15, 0.2) is 0 Å². The minimum absolute atomic E-state index is 0.0709. The molecule has 0 radical (unpaired) electrons. The normalized spacial score (nSPS) is 10.9. The minimum Gasteiger partial charge on any atom is -0.444 e. The topological polar surface area (TPSA) is 81.5 Å². The molecule has 0 bridgehead atoms. The van der Waals surface area contributed by atoms with Gasteiger partial charge in [0.25, 0.3) is 5.69 Å². The number of amides is 1. The SMILES string of the molecule is CC(C)(C)OC(=O)Nc1c(Cl)cccc1[N+](=O)[O-]. The summed E-state index contributed by atoms with van der Waals surface area (Å²) in [7, 11) is 0. The van der Waals surface area contributed by atoms with Gasteiger partial charge in [0.2, 0.25) is 0 Å². The zero-order valence-corrected chi connectivity index (χ0v) is 10.9. The summed E-state index contributed by atoms with van der Waals surface area (Å²) in [5.74, 6) is 0. The summed E-state index contributed by atoms with van der Waals surface area (Å²) in [6.45, 7) is 5.06. The molecule has 0 aliphatic rings. The molecule has 1 N–H and O–H groups in total. The lowest BCUT2D eigenvalue weighted by molar-refractivity contribution is -0.383. The summed E-state index contributed by atoms with van der Waals surface area (Å²) in [6, 6.07) is 4.13. The standard InChI is InChI=1S/C11H13ClN2O4/c1-11(2,3)18-10(15)13-9-7(12)5-4-6-8(9)14(16)17/h4-6H,1-3H3,(H,13,15). The molecule has 1 aromatic rings. The maximum absolute atomic E-state index is 11.5. The van der Waals surface area contributed by atoms with Crippen LogP contribution in [0.3, 0.4) is 0 Å². The molecule has 18 heavy (non-hydrogen) atoms. The zero-order chi connectivity index (χ0) is 13.9. The smallest absolute Gasteiger partial charge is 0.412 e. The number of benzene rings is 1. The van der Waals surface area contributed by atoms with E-state index in [1.807, 2.05) is 0 Å². The Balaban J connectivity index is 2.97. The summed E-state index contributed by atoms with van der Waals surface area (Å²) in [5.41, 5.74) is -1.05. The highest BCUT2D eigenvalue weighted by Crippen LogP contribution is 2.32. The first-order chi connectivity index (χ1) is 8.20. The van der Waals surface area contributed by atoms with Crippen LogP contribution >= 0.6 is 11.6 Å². The van der Waals surface area contributed by atoms with E-state index in [9.17, 15) is 14.9 Å². The molecule has 6 nitrogen and oxygen atoms in total. The first-order valence-corrected chi connectivity index (χ1v) is 5.51. The van der Waals surface area contributed by atoms with Crippen LogP contribution in [0, 0.1) is 10.1 Å². The number of ether oxygens (including phenoxy) is 1. The maximum atomic E-state index is 11.5. The second-order valence-corrected chi connectivity index (χ2v) is 4.93. The molecule has 1 rings (SSSR count). The van der Waals surface area contributed by atoms with Crippen molar-refractivity contribution in [1.29, 1.82) is 0 Å². The van der Waals surface area contributed by atoms with Gasteiger partial charge in [-0.1, -0.05) is 17.7 Å². The van der Waals surface area contributed by atoms with Crippen LogP contribution in [0.15, 0.2) is 18.2 Å². The number of nitrogens with zero attached hydrogens (tertiary/aromatic N) is 1. The quantitative estimate of drug-likeness (QED) is 0.659. The lowest BCUT2D eigenvalue weighted by Crippen LogP contribution is -2.27. The first-order valence-electron chi connectivity index (χ1n) is 5.13. The molecule has 1 amide bonds. The molecule has 0 aliphatic heterocycles. The van der Waals surface area contributed by atoms with Gasteiger partial charge in [-0.3, -0.25) is 15.4 Å². The largest absolute Gasteiger partial charge is 0.444 e. The van der Waals surface area contributed by atoms with Crippen LogP contribution in [0.1, 0.15) is 20.8 Å². The molecular weight excluding hydrogens is 260 g/mol. The van der Waals surface area contributed by atoms with Gasteiger partial charge < -0.3 is 4.74 Å². The van der Waals surface area contributed by atoms with Crippen molar-refractivity contribution < 1.29 is 14.5 Å². The lowest BCUT2D eigenvalue weighted by Gasteiger charge is -2.19. The highest BCUT2D eigenvalue weighted by atomic mass is 35.5. The third-order valence-electron chi connectivity index (χ3n) is 1.81. The van der Waals surface area contributed by atoms with Crippen molar-refractivity contribution in [3.05, 3.63) is 33.3 Å². The van der Waals surface area contributed by atoms with Crippen LogP contribution in [0.4, 0.5) is 16.2 Å². The number of nitro groups is 1. The first kappa shape index (κ1) is 14.2. The van der Waals surface area contributed by atoms with E-state index in [1.165, 1.54) is 18.2 Å². The molecule has 0 saturated carbocycles. The Labute approximate surface area is 109 Å². The average Bonchev–Trinajstić information content (AvgIpc) is 2.17. The Morgan fingerprint density at radius 1 is 1.44 bits per heavy atom. The van der Waals surface area contributed by atoms with E-state index >= 15 is 0 Å². The third-order valence-corrected chi connectivity index (χ3v) is 2.13. The number of nitro benzene ring substituents is 1. The maximum Gasteiger partial charge on any atom is 0.412 e. The molecule has 98 valence electrons. The van der Waals surface area contributed by atoms with Gasteiger partial charge in [-0.2, -0.15) is 0 Å². The highest BCUT2D eigenvalue weighted by molar-refractivity contribution is 6.34. The summed E-state index contributed by atoms with van der Waals surface area (Å²) in [5, 5.41) is 13.2. The predicted octanol–water partition coefficient (Wildman–Crippen LogP) is 3.60. The van der Waals surface area contributed by atoms with Gasteiger partial charge in [-0.05, 0) is 26.8 Å². The summed E-state index contributed by atoms with van der Waals surface area (Å²) >= 11 is 5.81. The van der Waals surface area contributed by atoms with Gasteiger partial charge in [-0.25, -0.2) is 4.79 Å². The molecule has 0 atom stereocenters. The number of anilines is 1. The third kappa shape index (κ3) is 3.89. The van der Waals surface area contributed by atoms with Gasteiger partial charge in [0.1, 0.15) is 11.3 Å². The van der Waals surface area contributed by atoms with Crippen molar-refractivity contribution in [2.75, 3.05) is 5.32 Å². The molecule has 0 unspecified atom stereocenters. The van der Waals surface area contributed by atoms with Crippen molar-refractivity contribution in [3.8, 4) is 0 Å². The Morgan fingerprint density at radius 2 is 2.06 bits per heavy atom. The Bertz CT molecular complexity index is 482. The van der Waals surface area contributed by atoms with E-state index < -0.39 is 16.6 Å². The molecule has 0 fully saturated rings. The van der Waals surface area contributed by atoms with E-state index in [0.717, 1.165) is 0 Å². The van der Waals surface area contributed by atoms with Gasteiger partial charge in [0.05, 0.1) is 9.95 Å². The van der Waals surface area contributed by atoms with E-state index in [-0.39, 0.29) is 16.4 Å². The van der Waals surface area contributed by atoms with Gasteiger partial charge in [0, 0.05) is 6.07 Å². The number of rotatable bonds is 2. The molecule has 0 saturated heterocycles. The van der Waals surface area contributed by atoms with E-state index in [2.05, 4.69) is 5.32 Å². The number of hydrogen-bond acceptors (Lipinski definition) is 4. The summed E-state index contributed by atoms with van der Waals surface area (Å²) in [4.78, 5) is 21.7. The number of carbonyl (C=O) groups excluding carboxylic acids is 1. The number of carbonyl (C=O) groups is 1. The number of hydrogen-bond donors (Lipinski definition) is 1. The monoisotopic (exact) mass is 272 g/mol. The highest BCUT2D eigenvalue weighted by Gasteiger charge is 2.22. The van der Waals surface area contributed by atoms with Crippen LogP contribution in [-0.4, -0.2) is 16.6 Å². The van der Waals surface area contributed by atoms with Crippen molar-refractivity contribution in [2.24, 2.45) is 0 Å². The number of para-hydroxylation sites is 1. The molecule has 0 aliphatic carbocycles. The fraction of sp³-hybridized carbons (Fsp3) is 0.364. The lowest BCUT2D eigenvalue weighted by atomic mass is 10.2. The second-order valence-electron chi connectivity index (χ2n) is 4.52. The van der Waals surface area contributed by atoms with E-state index in [4.69, 9.17) is 16.3 Å². The van der Waals surface area contributed by atoms with Crippen molar-refractivity contribution in [2.45, 2.75) is 26.4 Å². The van der Waals surface area contributed by atoms with Gasteiger partial charge in [-0.15, -0.1) is 0 Å². The fourth-order valence-corrected chi connectivity index (χ4v) is 1.41. The van der Waals surface area contributed by atoms with Crippen molar-refractivity contribution in [3.63, 3.8) is 0 Å². The Morgan fingerprint density at radius 3 is 2.56 bits per heavy atom. The minimum atomic E-state index is -0.793. The molecule has 0 spiro atoms. The summed E-state index contributed by atoms with van der Waals surface area (Å²) < 4.78 is 5.00. The average molecular weight is 273 g/mol. The van der Waals surface area contributed by atoms with Crippen molar-refractivity contribution >= 4 is 29.1 Å². The van der Waals surface area contributed by atoms with Gasteiger partial charge >= 0.3 is 6.09 Å².